The lowest BCUT2D eigenvalue weighted by Gasteiger charge is -2.45. The molecule has 0 spiro atoms. The molecule has 0 aromatic rings. The molecule has 1 heterocycles. The molecule has 2 atom stereocenters. The minimum atomic E-state index is -0.576. The van der Waals surface area contributed by atoms with Crippen LogP contribution in [0.2, 0.25) is 0 Å². The molecule has 1 saturated heterocycles. The van der Waals surface area contributed by atoms with Gasteiger partial charge in [0, 0.05) is 23.1 Å². The van der Waals surface area contributed by atoms with Crippen LogP contribution in [0.4, 0.5) is 4.79 Å². The number of rotatable bonds is 5. The van der Waals surface area contributed by atoms with Crippen molar-refractivity contribution in [1.29, 1.82) is 0 Å². The van der Waals surface area contributed by atoms with Crippen LogP contribution in [0, 0.1) is 0 Å². The highest BCUT2D eigenvalue weighted by Gasteiger charge is 2.41. The van der Waals surface area contributed by atoms with Crippen molar-refractivity contribution in [1.82, 2.24) is 10.6 Å². The van der Waals surface area contributed by atoms with Crippen LogP contribution in [0.15, 0.2) is 0 Å². The summed E-state index contributed by atoms with van der Waals surface area (Å²) in [6, 6.07) is -0.361. The van der Waals surface area contributed by atoms with Crippen molar-refractivity contribution < 1.29 is 19.1 Å². The van der Waals surface area contributed by atoms with Crippen molar-refractivity contribution in [2.45, 2.75) is 57.1 Å². The van der Waals surface area contributed by atoms with E-state index in [-0.39, 0.29) is 17.3 Å². The van der Waals surface area contributed by atoms with Gasteiger partial charge in [-0.1, -0.05) is 0 Å². The van der Waals surface area contributed by atoms with Gasteiger partial charge in [-0.15, -0.1) is 0 Å². The van der Waals surface area contributed by atoms with E-state index in [9.17, 15) is 9.59 Å². The normalized spacial score (nSPS) is 21.9. The lowest BCUT2D eigenvalue weighted by atomic mass is 10.0. The van der Waals surface area contributed by atoms with E-state index in [2.05, 4.69) is 24.5 Å². The summed E-state index contributed by atoms with van der Waals surface area (Å²) in [5, 5.41) is 5.85. The Labute approximate surface area is 130 Å². The van der Waals surface area contributed by atoms with Gasteiger partial charge >= 0.3 is 12.1 Å². The van der Waals surface area contributed by atoms with Gasteiger partial charge in [0.2, 0.25) is 0 Å². The van der Waals surface area contributed by atoms with Crippen molar-refractivity contribution >= 4 is 23.8 Å². The summed E-state index contributed by atoms with van der Waals surface area (Å²) < 4.78 is 10.0. The average molecular weight is 318 g/mol. The van der Waals surface area contributed by atoms with Crippen LogP contribution in [-0.4, -0.2) is 53.9 Å². The second-order valence-electron chi connectivity index (χ2n) is 6.59. The standard InChI is InChI=1S/C14H26N2O4S/c1-13(2,3)20-12(18)15-7-9(11(17)19-6)16-10-8-21-14(10,4)5/h9-10,16H,7-8H2,1-6H3,(H,15,18). The maximum absolute atomic E-state index is 11.8. The lowest BCUT2D eigenvalue weighted by Crippen LogP contribution is -2.61. The molecule has 122 valence electrons. The lowest BCUT2D eigenvalue weighted by molar-refractivity contribution is -0.143. The quantitative estimate of drug-likeness (QED) is 0.749. The molecule has 6 nitrogen and oxygen atoms in total. The van der Waals surface area contributed by atoms with Gasteiger partial charge in [0.1, 0.15) is 11.6 Å². The molecule has 1 amide bonds. The summed E-state index contributed by atoms with van der Waals surface area (Å²) in [6.07, 6.45) is -0.541. The van der Waals surface area contributed by atoms with E-state index in [1.807, 2.05) is 11.8 Å². The third kappa shape index (κ3) is 5.74. The SMILES string of the molecule is COC(=O)C(CNC(=O)OC(C)(C)C)NC1CSC1(C)C. The maximum Gasteiger partial charge on any atom is 0.407 e. The van der Waals surface area contributed by atoms with E-state index >= 15 is 0 Å². The van der Waals surface area contributed by atoms with Crippen LogP contribution in [0.25, 0.3) is 0 Å². The molecule has 0 aromatic heterocycles. The topological polar surface area (TPSA) is 76.7 Å². The van der Waals surface area contributed by atoms with E-state index in [1.165, 1.54) is 7.11 Å². The summed E-state index contributed by atoms with van der Waals surface area (Å²) in [7, 11) is 1.34. The smallest absolute Gasteiger partial charge is 0.407 e. The second kappa shape index (κ2) is 6.87. The Morgan fingerprint density at radius 1 is 1.38 bits per heavy atom. The summed E-state index contributed by atoms with van der Waals surface area (Å²) in [4.78, 5) is 23.5. The van der Waals surface area contributed by atoms with Crippen LogP contribution >= 0.6 is 11.8 Å². The molecular weight excluding hydrogens is 292 g/mol. The summed E-state index contributed by atoms with van der Waals surface area (Å²) >= 11 is 1.84. The van der Waals surface area contributed by atoms with Crippen molar-refractivity contribution in [2.24, 2.45) is 0 Å². The number of methoxy groups -OCH3 is 1. The van der Waals surface area contributed by atoms with Crippen molar-refractivity contribution in [3.8, 4) is 0 Å². The van der Waals surface area contributed by atoms with Gasteiger partial charge in [0.15, 0.2) is 0 Å². The summed E-state index contributed by atoms with van der Waals surface area (Å²) in [5.41, 5.74) is -0.565. The molecule has 0 aromatic carbocycles. The number of ether oxygens (including phenoxy) is 2. The monoisotopic (exact) mass is 318 g/mol. The fourth-order valence-corrected chi connectivity index (χ4v) is 3.01. The van der Waals surface area contributed by atoms with Crippen LogP contribution in [-0.2, 0) is 14.3 Å². The van der Waals surface area contributed by atoms with E-state index in [0.29, 0.717) is 0 Å². The minimum Gasteiger partial charge on any atom is -0.468 e. The molecule has 2 N–H and O–H groups in total. The number of hydrogen-bond donors (Lipinski definition) is 2. The first-order valence-corrected chi connectivity index (χ1v) is 7.98. The van der Waals surface area contributed by atoms with Crippen molar-refractivity contribution in [2.75, 3.05) is 19.4 Å². The van der Waals surface area contributed by atoms with Crippen LogP contribution in [0.3, 0.4) is 0 Å². The first-order chi connectivity index (χ1) is 9.55. The Kier molecular flexibility index (Phi) is 5.92. The molecule has 1 fully saturated rings. The highest BCUT2D eigenvalue weighted by atomic mass is 32.2. The number of amides is 1. The van der Waals surface area contributed by atoms with E-state index in [0.717, 1.165) is 5.75 Å². The van der Waals surface area contributed by atoms with Crippen LogP contribution < -0.4 is 10.6 Å². The van der Waals surface area contributed by atoms with Gasteiger partial charge in [-0.2, -0.15) is 11.8 Å². The number of carbonyl (C=O) groups excluding carboxylic acids is 2. The van der Waals surface area contributed by atoms with E-state index < -0.39 is 23.7 Å². The number of nitrogens with one attached hydrogen (secondary N) is 2. The number of esters is 1. The molecule has 0 saturated carbocycles. The number of hydrogen-bond acceptors (Lipinski definition) is 6. The average Bonchev–Trinajstić information content (AvgIpc) is 2.34. The Hall–Kier alpha value is -0.950. The molecular formula is C14H26N2O4S. The second-order valence-corrected chi connectivity index (χ2v) is 8.27. The molecule has 0 aliphatic carbocycles. The van der Waals surface area contributed by atoms with Gasteiger partial charge < -0.3 is 14.8 Å². The fraction of sp³-hybridized carbons (Fsp3) is 0.857. The molecule has 0 bridgehead atoms. The van der Waals surface area contributed by atoms with Gasteiger partial charge in [-0.05, 0) is 34.6 Å². The van der Waals surface area contributed by atoms with Crippen LogP contribution in [0.1, 0.15) is 34.6 Å². The third-order valence-electron chi connectivity index (χ3n) is 3.20. The highest BCUT2D eigenvalue weighted by molar-refractivity contribution is 8.02. The van der Waals surface area contributed by atoms with Gasteiger partial charge in [0.25, 0.3) is 0 Å². The molecule has 21 heavy (non-hydrogen) atoms. The predicted octanol–water partition coefficient (Wildman–Crippen LogP) is 1.54. The highest BCUT2D eigenvalue weighted by Crippen LogP contribution is 2.40. The largest absolute Gasteiger partial charge is 0.468 e. The fourth-order valence-electron chi connectivity index (χ4n) is 1.84. The third-order valence-corrected chi connectivity index (χ3v) is 4.73. The van der Waals surface area contributed by atoms with Crippen molar-refractivity contribution in [3.05, 3.63) is 0 Å². The predicted molar refractivity (Wildman–Crippen MR) is 83.5 cm³/mol. The first kappa shape index (κ1) is 18.1. The maximum atomic E-state index is 11.8. The molecule has 2 unspecified atom stereocenters. The zero-order valence-electron chi connectivity index (χ0n) is 13.6. The number of carbonyl (C=O) groups is 2. The Balaban J connectivity index is 2.51. The zero-order valence-corrected chi connectivity index (χ0v) is 14.4. The van der Waals surface area contributed by atoms with E-state index in [4.69, 9.17) is 9.47 Å². The molecule has 0 radical (unpaired) electrons. The summed E-state index contributed by atoms with van der Waals surface area (Å²) in [5.74, 6) is 0.547. The number of thioether (sulfide) groups is 1. The Morgan fingerprint density at radius 3 is 2.38 bits per heavy atom. The van der Waals surface area contributed by atoms with Crippen molar-refractivity contribution in [3.63, 3.8) is 0 Å². The van der Waals surface area contributed by atoms with E-state index in [1.54, 1.807) is 20.8 Å². The van der Waals surface area contributed by atoms with Gasteiger partial charge in [-0.25, -0.2) is 4.79 Å². The Bertz CT molecular complexity index is 393. The number of alkyl carbamates (subject to hydrolysis) is 1. The van der Waals surface area contributed by atoms with Gasteiger partial charge in [0.05, 0.1) is 7.11 Å². The Morgan fingerprint density at radius 2 is 2.00 bits per heavy atom. The first-order valence-electron chi connectivity index (χ1n) is 7.00. The summed E-state index contributed by atoms with van der Waals surface area (Å²) in [6.45, 7) is 9.74. The molecule has 1 aliphatic heterocycles. The minimum absolute atomic E-state index is 0.0815. The zero-order chi connectivity index (χ0) is 16.3. The molecule has 1 aliphatic rings. The molecule has 7 heteroatoms. The van der Waals surface area contributed by atoms with Crippen LogP contribution in [0.5, 0.6) is 0 Å². The molecule has 1 rings (SSSR count). The van der Waals surface area contributed by atoms with Gasteiger partial charge in [-0.3, -0.25) is 10.1 Å².